The van der Waals surface area contributed by atoms with Gasteiger partial charge in [0.1, 0.15) is 23.1 Å². The molecule has 1 N–H and O–H groups in total. The Hall–Kier alpha value is -3.39. The molecule has 1 aromatic heterocycles. The van der Waals surface area contributed by atoms with Crippen LogP contribution in [0.15, 0.2) is 53.9 Å². The van der Waals surface area contributed by atoms with E-state index in [-0.39, 0.29) is 18.1 Å². The Bertz CT molecular complexity index is 1060. The first kappa shape index (κ1) is 19.9. The smallest absolute Gasteiger partial charge is 0.414 e. The highest BCUT2D eigenvalue weighted by molar-refractivity contribution is 7.13. The highest BCUT2D eigenvalue weighted by Gasteiger charge is 2.23. The molecule has 1 aliphatic rings. The number of hydrogen-bond donors (Lipinski definition) is 1. The third-order valence-corrected chi connectivity index (χ3v) is 5.28. The molecule has 0 spiro atoms. The van der Waals surface area contributed by atoms with Crippen molar-refractivity contribution in [2.75, 3.05) is 23.4 Å². The second kappa shape index (κ2) is 8.54. The highest BCUT2D eigenvalue weighted by Crippen LogP contribution is 2.27. The van der Waals surface area contributed by atoms with Crippen molar-refractivity contribution in [3.63, 3.8) is 0 Å². The molecule has 7 nitrogen and oxygen atoms in total. The number of amides is 2. The molecule has 0 aliphatic carbocycles. The monoisotopic (exact) mass is 423 g/mol. The predicted octanol–water partition coefficient (Wildman–Crippen LogP) is 4.81. The lowest BCUT2D eigenvalue weighted by Gasteiger charge is -2.14. The van der Waals surface area contributed by atoms with Gasteiger partial charge in [0, 0.05) is 22.3 Å². The van der Waals surface area contributed by atoms with Crippen molar-refractivity contribution >= 4 is 34.7 Å². The van der Waals surface area contributed by atoms with E-state index in [0.717, 1.165) is 16.3 Å². The van der Waals surface area contributed by atoms with E-state index in [4.69, 9.17) is 9.47 Å². The number of ether oxygens (including phenoxy) is 2. The zero-order chi connectivity index (χ0) is 21.1. The van der Waals surface area contributed by atoms with Crippen LogP contribution in [0, 0.1) is 0 Å². The molecular formula is C22H21N3O4S. The SMILES string of the molecule is CC(C)Oc1ccc(-c2nc(C(=O)Nc3cccc(N4CCOC4=O)c3)cs2)cc1. The van der Waals surface area contributed by atoms with Crippen LogP contribution in [0.2, 0.25) is 0 Å². The number of cyclic esters (lactones) is 1. The van der Waals surface area contributed by atoms with E-state index < -0.39 is 0 Å². The molecule has 30 heavy (non-hydrogen) atoms. The van der Waals surface area contributed by atoms with Crippen LogP contribution in [-0.4, -0.2) is 36.2 Å². The van der Waals surface area contributed by atoms with Crippen molar-refractivity contribution in [2.45, 2.75) is 20.0 Å². The summed E-state index contributed by atoms with van der Waals surface area (Å²) in [4.78, 5) is 30.4. The molecule has 4 rings (SSSR count). The van der Waals surface area contributed by atoms with Crippen molar-refractivity contribution in [3.05, 3.63) is 59.6 Å². The Balaban J connectivity index is 1.45. The number of aromatic nitrogens is 1. The molecule has 2 aromatic carbocycles. The van der Waals surface area contributed by atoms with E-state index >= 15 is 0 Å². The van der Waals surface area contributed by atoms with Crippen molar-refractivity contribution in [2.24, 2.45) is 0 Å². The van der Waals surface area contributed by atoms with Crippen molar-refractivity contribution in [3.8, 4) is 16.3 Å². The zero-order valence-corrected chi connectivity index (χ0v) is 17.4. The van der Waals surface area contributed by atoms with Crippen LogP contribution in [-0.2, 0) is 4.74 Å². The third kappa shape index (κ3) is 4.44. The number of benzene rings is 2. The normalized spacial score (nSPS) is 13.4. The van der Waals surface area contributed by atoms with Gasteiger partial charge in [-0.25, -0.2) is 9.78 Å². The number of carbonyl (C=O) groups is 2. The van der Waals surface area contributed by atoms with E-state index in [1.165, 1.54) is 16.2 Å². The Morgan fingerprint density at radius 1 is 1.23 bits per heavy atom. The van der Waals surface area contributed by atoms with Gasteiger partial charge in [-0.15, -0.1) is 11.3 Å². The van der Waals surface area contributed by atoms with Gasteiger partial charge in [-0.1, -0.05) is 6.07 Å². The molecule has 0 unspecified atom stereocenters. The van der Waals surface area contributed by atoms with Crippen molar-refractivity contribution < 1.29 is 19.1 Å². The number of anilines is 2. The first-order valence-electron chi connectivity index (χ1n) is 9.58. The maximum absolute atomic E-state index is 12.6. The first-order chi connectivity index (χ1) is 14.5. The lowest BCUT2D eigenvalue weighted by molar-refractivity contribution is 0.102. The fourth-order valence-corrected chi connectivity index (χ4v) is 3.84. The number of carbonyl (C=O) groups excluding carboxylic acids is 2. The molecule has 2 amide bonds. The summed E-state index contributed by atoms with van der Waals surface area (Å²) in [5.74, 6) is 0.489. The minimum absolute atomic E-state index is 0.112. The zero-order valence-electron chi connectivity index (χ0n) is 16.6. The lowest BCUT2D eigenvalue weighted by atomic mass is 10.2. The van der Waals surface area contributed by atoms with Gasteiger partial charge in [0.15, 0.2) is 0 Å². The maximum atomic E-state index is 12.6. The van der Waals surface area contributed by atoms with Gasteiger partial charge < -0.3 is 14.8 Å². The molecule has 1 aliphatic heterocycles. The largest absolute Gasteiger partial charge is 0.491 e. The molecule has 0 bridgehead atoms. The molecule has 2 heterocycles. The van der Waals surface area contributed by atoms with E-state index in [0.29, 0.717) is 30.2 Å². The van der Waals surface area contributed by atoms with Crippen LogP contribution in [0.3, 0.4) is 0 Å². The van der Waals surface area contributed by atoms with Crippen LogP contribution in [0.4, 0.5) is 16.2 Å². The van der Waals surface area contributed by atoms with Crippen LogP contribution < -0.4 is 15.0 Å². The molecule has 1 saturated heterocycles. The topological polar surface area (TPSA) is 80.8 Å². The van der Waals surface area contributed by atoms with Crippen LogP contribution in [0.25, 0.3) is 10.6 Å². The summed E-state index contributed by atoms with van der Waals surface area (Å²) in [5, 5.41) is 5.32. The summed E-state index contributed by atoms with van der Waals surface area (Å²) < 4.78 is 10.6. The average Bonchev–Trinajstić information content (AvgIpc) is 3.38. The van der Waals surface area contributed by atoms with Crippen molar-refractivity contribution in [1.29, 1.82) is 0 Å². The van der Waals surface area contributed by atoms with Gasteiger partial charge in [0.25, 0.3) is 5.91 Å². The Morgan fingerprint density at radius 2 is 2.03 bits per heavy atom. The van der Waals surface area contributed by atoms with E-state index in [1.54, 1.807) is 29.6 Å². The van der Waals surface area contributed by atoms with Gasteiger partial charge in [-0.2, -0.15) is 0 Å². The van der Waals surface area contributed by atoms with Crippen LogP contribution in [0.1, 0.15) is 24.3 Å². The molecule has 0 atom stereocenters. The summed E-state index contributed by atoms with van der Waals surface area (Å²) in [6.45, 7) is 4.81. The molecule has 3 aromatic rings. The maximum Gasteiger partial charge on any atom is 0.414 e. The van der Waals surface area contributed by atoms with E-state index in [1.807, 2.05) is 38.1 Å². The van der Waals surface area contributed by atoms with Crippen LogP contribution in [0.5, 0.6) is 5.75 Å². The molecule has 8 heteroatoms. The average molecular weight is 423 g/mol. The number of nitrogens with one attached hydrogen (secondary N) is 1. The summed E-state index contributed by atoms with van der Waals surface area (Å²) in [6.07, 6.45) is -0.270. The molecule has 1 fully saturated rings. The summed E-state index contributed by atoms with van der Waals surface area (Å²) >= 11 is 1.40. The van der Waals surface area contributed by atoms with Gasteiger partial charge in [0.2, 0.25) is 0 Å². The lowest BCUT2D eigenvalue weighted by Crippen LogP contribution is -2.23. The predicted molar refractivity (Wildman–Crippen MR) is 116 cm³/mol. The minimum atomic E-state index is -0.382. The minimum Gasteiger partial charge on any atom is -0.491 e. The standard InChI is InChI=1S/C22H21N3O4S/c1-14(2)29-18-8-6-15(7-9-18)21-24-19(13-30-21)20(26)23-16-4-3-5-17(12-16)25-10-11-28-22(25)27/h3-9,12-14H,10-11H2,1-2H3,(H,23,26). The Labute approximate surface area is 178 Å². The summed E-state index contributed by atoms with van der Waals surface area (Å²) in [7, 11) is 0. The number of hydrogen-bond acceptors (Lipinski definition) is 6. The van der Waals surface area contributed by atoms with E-state index in [2.05, 4.69) is 10.3 Å². The number of rotatable bonds is 6. The summed E-state index contributed by atoms with van der Waals surface area (Å²) in [5.41, 5.74) is 2.52. The first-order valence-corrected chi connectivity index (χ1v) is 10.5. The van der Waals surface area contributed by atoms with Crippen molar-refractivity contribution in [1.82, 2.24) is 4.98 Å². The summed E-state index contributed by atoms with van der Waals surface area (Å²) in [6, 6.07) is 14.7. The molecule has 154 valence electrons. The Morgan fingerprint density at radius 3 is 2.73 bits per heavy atom. The van der Waals surface area contributed by atoms with E-state index in [9.17, 15) is 9.59 Å². The fourth-order valence-electron chi connectivity index (χ4n) is 3.03. The van der Waals surface area contributed by atoms with Gasteiger partial charge in [0.05, 0.1) is 12.6 Å². The van der Waals surface area contributed by atoms with Gasteiger partial charge in [-0.05, 0) is 56.3 Å². The fraction of sp³-hybridized carbons (Fsp3) is 0.227. The highest BCUT2D eigenvalue weighted by atomic mass is 32.1. The van der Waals surface area contributed by atoms with Gasteiger partial charge >= 0.3 is 6.09 Å². The molecule has 0 radical (unpaired) electrons. The number of nitrogens with zero attached hydrogens (tertiary/aromatic N) is 2. The number of thiazole rings is 1. The van der Waals surface area contributed by atoms with Crippen LogP contribution >= 0.6 is 11.3 Å². The molecule has 0 saturated carbocycles. The third-order valence-electron chi connectivity index (χ3n) is 4.39. The Kier molecular flexibility index (Phi) is 5.67. The van der Waals surface area contributed by atoms with Gasteiger partial charge in [-0.3, -0.25) is 9.69 Å². The quantitative estimate of drug-likeness (QED) is 0.616. The second-order valence-corrected chi connectivity index (χ2v) is 7.86. The second-order valence-electron chi connectivity index (χ2n) is 7.00. The molecular weight excluding hydrogens is 402 g/mol.